The molecule has 3 heteroatoms. The molecule has 0 saturated heterocycles. The highest BCUT2D eigenvalue weighted by Crippen LogP contribution is 2.22. The highest BCUT2D eigenvalue weighted by molar-refractivity contribution is 5.80. The molecule has 1 aromatic carbocycles. The number of para-hydroxylation sites is 2. The number of nitrogens with one attached hydrogen (secondary N) is 1. The van der Waals surface area contributed by atoms with Crippen LogP contribution in [0.3, 0.4) is 0 Å². The van der Waals surface area contributed by atoms with Gasteiger partial charge in [0.25, 0.3) is 0 Å². The van der Waals surface area contributed by atoms with Crippen molar-refractivity contribution >= 4 is 11.4 Å². The molecule has 0 amide bonds. The molecule has 0 aliphatic heterocycles. The third-order valence-electron chi connectivity index (χ3n) is 1.51. The maximum Gasteiger partial charge on any atom is 0.143 e. The summed E-state index contributed by atoms with van der Waals surface area (Å²) in [6, 6.07) is 7.67. The van der Waals surface area contributed by atoms with Crippen LogP contribution < -0.4 is 10.2 Å². The minimum Gasteiger partial charge on any atom is -0.495 e. The lowest BCUT2D eigenvalue weighted by molar-refractivity contribution is 0.416. The summed E-state index contributed by atoms with van der Waals surface area (Å²) in [6.45, 7) is 3.87. The standard InChI is InChI=1S/C10H14N2O/c1-8(2)11-12-9-6-4-5-7-10(9)13-3/h4-7,12H,1-3H3. The molecule has 0 aliphatic rings. The molecule has 70 valence electrons. The summed E-state index contributed by atoms with van der Waals surface area (Å²) in [6.07, 6.45) is 0. The molecule has 0 fully saturated rings. The molecule has 0 aromatic heterocycles. The minimum absolute atomic E-state index is 0.799. The van der Waals surface area contributed by atoms with Crippen molar-refractivity contribution in [3.63, 3.8) is 0 Å². The van der Waals surface area contributed by atoms with E-state index in [1.165, 1.54) is 0 Å². The summed E-state index contributed by atoms with van der Waals surface area (Å²) in [7, 11) is 1.64. The second-order valence-electron chi connectivity index (χ2n) is 2.87. The molecule has 1 aromatic rings. The molecule has 13 heavy (non-hydrogen) atoms. The van der Waals surface area contributed by atoms with E-state index in [0.717, 1.165) is 17.1 Å². The second-order valence-corrected chi connectivity index (χ2v) is 2.87. The first kappa shape index (κ1) is 9.58. The summed E-state index contributed by atoms with van der Waals surface area (Å²) < 4.78 is 5.15. The number of methoxy groups -OCH3 is 1. The van der Waals surface area contributed by atoms with Crippen molar-refractivity contribution in [3.8, 4) is 5.75 Å². The van der Waals surface area contributed by atoms with Crippen LogP contribution in [0, 0.1) is 0 Å². The van der Waals surface area contributed by atoms with E-state index in [1.54, 1.807) is 7.11 Å². The van der Waals surface area contributed by atoms with E-state index in [-0.39, 0.29) is 0 Å². The fourth-order valence-electron chi connectivity index (χ4n) is 0.909. The van der Waals surface area contributed by atoms with Gasteiger partial charge in [0.1, 0.15) is 5.75 Å². The highest BCUT2D eigenvalue weighted by Gasteiger charge is 1.97. The van der Waals surface area contributed by atoms with Gasteiger partial charge < -0.3 is 4.74 Å². The lowest BCUT2D eigenvalue weighted by atomic mass is 10.3. The van der Waals surface area contributed by atoms with Crippen molar-refractivity contribution in [3.05, 3.63) is 24.3 Å². The Morgan fingerprint density at radius 1 is 1.31 bits per heavy atom. The van der Waals surface area contributed by atoms with Crippen LogP contribution in [-0.4, -0.2) is 12.8 Å². The van der Waals surface area contributed by atoms with Gasteiger partial charge in [0, 0.05) is 5.71 Å². The molecule has 3 nitrogen and oxygen atoms in total. The van der Waals surface area contributed by atoms with Crippen molar-refractivity contribution in [2.75, 3.05) is 12.5 Å². The Morgan fingerprint density at radius 3 is 2.62 bits per heavy atom. The Balaban J connectivity index is 2.81. The van der Waals surface area contributed by atoms with Gasteiger partial charge in [-0.3, -0.25) is 5.43 Å². The number of hydrazone groups is 1. The Bertz CT molecular complexity index is 304. The second kappa shape index (κ2) is 4.50. The fourth-order valence-corrected chi connectivity index (χ4v) is 0.909. The maximum absolute atomic E-state index is 5.15. The average Bonchev–Trinajstić information content (AvgIpc) is 2.15. The van der Waals surface area contributed by atoms with Crippen LogP contribution in [0.2, 0.25) is 0 Å². The van der Waals surface area contributed by atoms with Crippen molar-refractivity contribution in [2.24, 2.45) is 5.10 Å². The van der Waals surface area contributed by atoms with Gasteiger partial charge >= 0.3 is 0 Å². The first-order valence-corrected chi connectivity index (χ1v) is 4.14. The van der Waals surface area contributed by atoms with Crippen LogP contribution in [0.15, 0.2) is 29.4 Å². The third kappa shape index (κ3) is 2.78. The molecular formula is C10H14N2O. The van der Waals surface area contributed by atoms with Gasteiger partial charge in [-0.05, 0) is 26.0 Å². The molecule has 0 spiro atoms. The average molecular weight is 178 g/mol. The number of ether oxygens (including phenoxy) is 1. The predicted molar refractivity (Wildman–Crippen MR) is 55.4 cm³/mol. The zero-order valence-electron chi connectivity index (χ0n) is 8.16. The molecule has 0 bridgehead atoms. The summed E-state index contributed by atoms with van der Waals surface area (Å²) in [5, 5.41) is 4.09. The largest absolute Gasteiger partial charge is 0.495 e. The van der Waals surface area contributed by atoms with Gasteiger partial charge in [-0.1, -0.05) is 12.1 Å². The molecule has 1 rings (SSSR count). The van der Waals surface area contributed by atoms with Crippen LogP contribution >= 0.6 is 0 Å². The summed E-state index contributed by atoms with van der Waals surface area (Å²) in [4.78, 5) is 0. The smallest absolute Gasteiger partial charge is 0.143 e. The lowest BCUT2D eigenvalue weighted by Crippen LogP contribution is -1.95. The zero-order chi connectivity index (χ0) is 9.68. The number of hydrogen-bond donors (Lipinski definition) is 1. The van der Waals surface area contributed by atoms with Crippen LogP contribution in [-0.2, 0) is 0 Å². The minimum atomic E-state index is 0.799. The first-order valence-electron chi connectivity index (χ1n) is 4.14. The van der Waals surface area contributed by atoms with E-state index >= 15 is 0 Å². The van der Waals surface area contributed by atoms with Crippen molar-refractivity contribution in [1.82, 2.24) is 0 Å². The third-order valence-corrected chi connectivity index (χ3v) is 1.51. The number of benzene rings is 1. The van der Waals surface area contributed by atoms with Gasteiger partial charge in [-0.2, -0.15) is 5.10 Å². The molecule has 0 heterocycles. The van der Waals surface area contributed by atoms with E-state index in [2.05, 4.69) is 10.5 Å². The first-order chi connectivity index (χ1) is 6.24. The van der Waals surface area contributed by atoms with Crippen LogP contribution in [0.1, 0.15) is 13.8 Å². The van der Waals surface area contributed by atoms with E-state index in [1.807, 2.05) is 38.1 Å². The Labute approximate surface area is 78.4 Å². The van der Waals surface area contributed by atoms with E-state index in [9.17, 15) is 0 Å². The number of rotatable bonds is 3. The number of nitrogens with zero attached hydrogens (tertiary/aromatic N) is 1. The fraction of sp³-hybridized carbons (Fsp3) is 0.300. The summed E-state index contributed by atoms with van der Waals surface area (Å²) in [5.41, 5.74) is 4.79. The van der Waals surface area contributed by atoms with Gasteiger partial charge in [0.05, 0.1) is 12.8 Å². The summed E-state index contributed by atoms with van der Waals surface area (Å²) in [5.74, 6) is 0.799. The molecule has 0 atom stereocenters. The molecule has 0 unspecified atom stereocenters. The van der Waals surface area contributed by atoms with Gasteiger partial charge in [0.2, 0.25) is 0 Å². The Kier molecular flexibility index (Phi) is 3.31. The van der Waals surface area contributed by atoms with Crippen LogP contribution in [0.25, 0.3) is 0 Å². The van der Waals surface area contributed by atoms with Gasteiger partial charge in [-0.15, -0.1) is 0 Å². The molecular weight excluding hydrogens is 164 g/mol. The SMILES string of the molecule is COc1ccccc1NN=C(C)C. The Morgan fingerprint density at radius 2 is 2.00 bits per heavy atom. The number of hydrogen-bond acceptors (Lipinski definition) is 3. The molecule has 0 radical (unpaired) electrons. The molecule has 1 N–H and O–H groups in total. The van der Waals surface area contributed by atoms with Crippen molar-refractivity contribution in [1.29, 1.82) is 0 Å². The maximum atomic E-state index is 5.15. The lowest BCUT2D eigenvalue weighted by Gasteiger charge is -2.06. The van der Waals surface area contributed by atoms with Crippen LogP contribution in [0.5, 0.6) is 5.75 Å². The van der Waals surface area contributed by atoms with E-state index < -0.39 is 0 Å². The van der Waals surface area contributed by atoms with E-state index in [0.29, 0.717) is 0 Å². The summed E-state index contributed by atoms with van der Waals surface area (Å²) >= 11 is 0. The van der Waals surface area contributed by atoms with Crippen molar-refractivity contribution < 1.29 is 4.74 Å². The zero-order valence-corrected chi connectivity index (χ0v) is 8.16. The molecule has 0 saturated carbocycles. The number of anilines is 1. The van der Waals surface area contributed by atoms with Crippen molar-refractivity contribution in [2.45, 2.75) is 13.8 Å². The predicted octanol–water partition coefficient (Wildman–Crippen LogP) is 2.50. The quantitative estimate of drug-likeness (QED) is 0.570. The normalized spacial score (nSPS) is 9.15. The topological polar surface area (TPSA) is 33.6 Å². The monoisotopic (exact) mass is 178 g/mol. The molecule has 0 aliphatic carbocycles. The van der Waals surface area contributed by atoms with E-state index in [4.69, 9.17) is 4.74 Å². The Hall–Kier alpha value is -1.51. The highest BCUT2D eigenvalue weighted by atomic mass is 16.5. The van der Waals surface area contributed by atoms with Gasteiger partial charge in [0.15, 0.2) is 0 Å². The van der Waals surface area contributed by atoms with Gasteiger partial charge in [-0.25, -0.2) is 0 Å². The van der Waals surface area contributed by atoms with Crippen LogP contribution in [0.4, 0.5) is 5.69 Å².